The minimum absolute atomic E-state index is 0.0103. The second kappa shape index (κ2) is 5.69. The van der Waals surface area contributed by atoms with E-state index in [1.807, 2.05) is 19.1 Å². The largest absolute Gasteiger partial charge is 0.461 e. The Hall–Kier alpha value is -2.10. The molecule has 1 amide bonds. The Morgan fingerprint density at radius 3 is 3.00 bits per heavy atom. The normalized spacial score (nSPS) is 22.3. The third-order valence-corrected chi connectivity index (χ3v) is 3.27. The SMILES string of the molecule is C=CC[C@@H]1CC=C[C@@H](C)N1C(=O)C(=O)c1ccco1. The zero-order chi connectivity index (χ0) is 13.8. The first kappa shape index (κ1) is 13.3. The Labute approximate surface area is 112 Å². The summed E-state index contributed by atoms with van der Waals surface area (Å²) in [5.41, 5.74) is 0. The third-order valence-electron chi connectivity index (χ3n) is 3.27. The topological polar surface area (TPSA) is 50.5 Å². The van der Waals surface area contributed by atoms with Crippen LogP contribution in [0.2, 0.25) is 0 Å². The fourth-order valence-electron chi connectivity index (χ4n) is 2.35. The summed E-state index contributed by atoms with van der Waals surface area (Å²) in [6, 6.07) is 3.00. The van der Waals surface area contributed by atoms with Crippen LogP contribution in [0.1, 0.15) is 30.3 Å². The predicted molar refractivity (Wildman–Crippen MR) is 71.7 cm³/mol. The Morgan fingerprint density at radius 2 is 2.37 bits per heavy atom. The van der Waals surface area contributed by atoms with E-state index < -0.39 is 11.7 Å². The molecule has 4 heteroatoms. The van der Waals surface area contributed by atoms with Crippen LogP contribution in [0, 0.1) is 0 Å². The molecule has 0 aliphatic carbocycles. The van der Waals surface area contributed by atoms with Gasteiger partial charge in [-0.25, -0.2) is 0 Å². The molecule has 0 saturated heterocycles. The van der Waals surface area contributed by atoms with Crippen molar-refractivity contribution in [2.45, 2.75) is 31.8 Å². The highest BCUT2D eigenvalue weighted by atomic mass is 16.3. The Bertz CT molecular complexity index is 501. The Morgan fingerprint density at radius 1 is 1.58 bits per heavy atom. The van der Waals surface area contributed by atoms with Crippen LogP contribution in [0.25, 0.3) is 0 Å². The predicted octanol–water partition coefficient (Wildman–Crippen LogP) is 2.58. The number of nitrogens with zero attached hydrogens (tertiary/aromatic N) is 1. The molecule has 19 heavy (non-hydrogen) atoms. The molecule has 0 radical (unpaired) electrons. The van der Waals surface area contributed by atoms with Crippen LogP contribution in [0.3, 0.4) is 0 Å². The van der Waals surface area contributed by atoms with Crippen LogP contribution < -0.4 is 0 Å². The number of amides is 1. The zero-order valence-electron chi connectivity index (χ0n) is 10.9. The summed E-state index contributed by atoms with van der Waals surface area (Å²) in [6.45, 7) is 5.60. The number of carbonyl (C=O) groups excluding carboxylic acids is 2. The van der Waals surface area contributed by atoms with E-state index in [4.69, 9.17) is 4.42 Å². The van der Waals surface area contributed by atoms with Gasteiger partial charge in [0.25, 0.3) is 11.7 Å². The molecule has 0 aromatic carbocycles. The van der Waals surface area contributed by atoms with Crippen molar-refractivity contribution in [1.82, 2.24) is 4.90 Å². The minimum Gasteiger partial charge on any atom is -0.461 e. The second-order valence-electron chi connectivity index (χ2n) is 4.60. The van der Waals surface area contributed by atoms with E-state index in [2.05, 4.69) is 6.58 Å². The van der Waals surface area contributed by atoms with Gasteiger partial charge in [0.15, 0.2) is 5.76 Å². The van der Waals surface area contributed by atoms with Crippen LogP contribution in [0.15, 0.2) is 47.6 Å². The van der Waals surface area contributed by atoms with Crippen molar-refractivity contribution in [2.24, 2.45) is 0 Å². The summed E-state index contributed by atoms with van der Waals surface area (Å²) in [4.78, 5) is 26.0. The van der Waals surface area contributed by atoms with Gasteiger partial charge in [-0.2, -0.15) is 0 Å². The van der Waals surface area contributed by atoms with Crippen molar-refractivity contribution in [3.63, 3.8) is 0 Å². The second-order valence-corrected chi connectivity index (χ2v) is 4.60. The highest BCUT2D eigenvalue weighted by Gasteiger charge is 2.33. The summed E-state index contributed by atoms with van der Waals surface area (Å²) < 4.78 is 5.00. The Kier molecular flexibility index (Phi) is 4.00. The van der Waals surface area contributed by atoms with Crippen LogP contribution >= 0.6 is 0 Å². The van der Waals surface area contributed by atoms with E-state index in [-0.39, 0.29) is 17.8 Å². The van der Waals surface area contributed by atoms with Gasteiger partial charge < -0.3 is 9.32 Å². The lowest BCUT2D eigenvalue weighted by molar-refractivity contribution is -0.130. The highest BCUT2D eigenvalue weighted by Crippen LogP contribution is 2.21. The van der Waals surface area contributed by atoms with Gasteiger partial charge in [0.1, 0.15) is 0 Å². The van der Waals surface area contributed by atoms with E-state index in [9.17, 15) is 9.59 Å². The molecule has 1 aromatic rings. The maximum Gasteiger partial charge on any atom is 0.299 e. The van der Waals surface area contributed by atoms with E-state index in [1.165, 1.54) is 12.3 Å². The molecule has 4 nitrogen and oxygen atoms in total. The molecule has 0 spiro atoms. The van der Waals surface area contributed by atoms with Gasteiger partial charge in [-0.05, 0) is 31.9 Å². The van der Waals surface area contributed by atoms with Crippen LogP contribution in [-0.4, -0.2) is 28.7 Å². The molecule has 0 fully saturated rings. The van der Waals surface area contributed by atoms with Crippen molar-refractivity contribution in [3.8, 4) is 0 Å². The number of rotatable bonds is 4. The van der Waals surface area contributed by atoms with Crippen molar-refractivity contribution in [3.05, 3.63) is 49.0 Å². The number of Topliss-reactive ketones (excluding diaryl/α,β-unsaturated/α-hetero) is 1. The molecule has 100 valence electrons. The number of ketones is 1. The van der Waals surface area contributed by atoms with Gasteiger partial charge >= 0.3 is 0 Å². The lowest BCUT2D eigenvalue weighted by Crippen LogP contribution is -2.49. The minimum atomic E-state index is -0.596. The maximum absolute atomic E-state index is 12.3. The van der Waals surface area contributed by atoms with Crippen molar-refractivity contribution < 1.29 is 14.0 Å². The number of hydrogen-bond donors (Lipinski definition) is 0. The van der Waals surface area contributed by atoms with E-state index in [1.54, 1.807) is 17.0 Å². The van der Waals surface area contributed by atoms with Gasteiger partial charge in [0.2, 0.25) is 0 Å². The van der Waals surface area contributed by atoms with Gasteiger partial charge in [-0.1, -0.05) is 18.2 Å². The maximum atomic E-state index is 12.3. The van der Waals surface area contributed by atoms with Crippen LogP contribution in [0.5, 0.6) is 0 Å². The highest BCUT2D eigenvalue weighted by molar-refractivity contribution is 6.42. The van der Waals surface area contributed by atoms with Gasteiger partial charge in [0, 0.05) is 12.1 Å². The molecule has 2 heterocycles. The van der Waals surface area contributed by atoms with Crippen molar-refractivity contribution in [2.75, 3.05) is 0 Å². The van der Waals surface area contributed by atoms with Crippen LogP contribution in [-0.2, 0) is 4.79 Å². The summed E-state index contributed by atoms with van der Waals surface area (Å²) in [7, 11) is 0. The number of furan rings is 1. The van der Waals surface area contributed by atoms with Crippen LogP contribution in [0.4, 0.5) is 0 Å². The molecule has 0 unspecified atom stereocenters. The molecule has 0 saturated carbocycles. The Balaban J connectivity index is 2.22. The fraction of sp³-hybridized carbons (Fsp3) is 0.333. The summed E-state index contributed by atoms with van der Waals surface area (Å²) in [6.07, 6.45) is 8.56. The summed E-state index contributed by atoms with van der Waals surface area (Å²) in [5, 5.41) is 0. The standard InChI is InChI=1S/C15H17NO3/c1-3-6-12-8-4-7-11(2)16(12)15(18)14(17)13-9-5-10-19-13/h3-5,7,9-12H,1,6,8H2,2H3/t11-,12-/m1/s1. The molecule has 1 aromatic heterocycles. The smallest absolute Gasteiger partial charge is 0.299 e. The molecular weight excluding hydrogens is 242 g/mol. The first-order valence-electron chi connectivity index (χ1n) is 6.33. The molecule has 0 bridgehead atoms. The average Bonchev–Trinajstić information content (AvgIpc) is 2.91. The quantitative estimate of drug-likeness (QED) is 0.474. The average molecular weight is 259 g/mol. The number of carbonyl (C=O) groups is 2. The van der Waals surface area contributed by atoms with E-state index >= 15 is 0 Å². The van der Waals surface area contributed by atoms with Crippen molar-refractivity contribution in [1.29, 1.82) is 0 Å². The molecule has 0 N–H and O–H groups in total. The molecule has 2 rings (SSSR count). The van der Waals surface area contributed by atoms with Crippen molar-refractivity contribution >= 4 is 11.7 Å². The van der Waals surface area contributed by atoms with Gasteiger partial charge in [0.05, 0.1) is 6.26 Å². The van der Waals surface area contributed by atoms with Gasteiger partial charge in [-0.3, -0.25) is 9.59 Å². The molecule has 1 aliphatic heterocycles. The van der Waals surface area contributed by atoms with Gasteiger partial charge in [-0.15, -0.1) is 6.58 Å². The lowest BCUT2D eigenvalue weighted by atomic mass is 9.99. The monoisotopic (exact) mass is 259 g/mol. The van der Waals surface area contributed by atoms with E-state index in [0.717, 1.165) is 6.42 Å². The first-order chi connectivity index (χ1) is 9.15. The summed E-state index contributed by atoms with van der Waals surface area (Å²) >= 11 is 0. The molecular formula is C15H17NO3. The van der Waals surface area contributed by atoms with E-state index in [0.29, 0.717) is 6.42 Å². The molecule has 2 atom stereocenters. The number of hydrogen-bond acceptors (Lipinski definition) is 3. The first-order valence-corrected chi connectivity index (χ1v) is 6.33. The summed E-state index contributed by atoms with van der Waals surface area (Å²) in [5.74, 6) is -1.02. The zero-order valence-corrected chi connectivity index (χ0v) is 10.9. The third kappa shape index (κ3) is 2.67. The fourth-order valence-corrected chi connectivity index (χ4v) is 2.35. The lowest BCUT2D eigenvalue weighted by Gasteiger charge is -2.36. The molecule has 1 aliphatic rings.